The van der Waals surface area contributed by atoms with E-state index in [1.807, 2.05) is 0 Å². The molecule has 2 aliphatic rings. The van der Waals surface area contributed by atoms with Gasteiger partial charge in [-0.3, -0.25) is 0 Å². The SMILES string of the molecule is COC(=O)C1COCCN1C(=O)N1CSCC1C(=O)O. The minimum atomic E-state index is -1.04. The summed E-state index contributed by atoms with van der Waals surface area (Å²) in [5.74, 6) is -0.932. The highest BCUT2D eigenvalue weighted by molar-refractivity contribution is 7.99. The molecule has 0 aliphatic carbocycles. The maximum Gasteiger partial charge on any atom is 0.331 e. The van der Waals surface area contributed by atoms with Gasteiger partial charge in [0.05, 0.1) is 26.2 Å². The van der Waals surface area contributed by atoms with Crippen LogP contribution in [0.25, 0.3) is 0 Å². The third-order valence-electron chi connectivity index (χ3n) is 3.26. The lowest BCUT2D eigenvalue weighted by Gasteiger charge is -2.36. The molecule has 0 aromatic rings. The Balaban J connectivity index is 2.13. The first-order valence-corrected chi connectivity index (χ1v) is 7.25. The Morgan fingerprint density at radius 2 is 2.05 bits per heavy atom. The van der Waals surface area contributed by atoms with Crippen LogP contribution in [0.5, 0.6) is 0 Å². The predicted molar refractivity (Wildman–Crippen MR) is 69.3 cm³/mol. The molecule has 2 amide bonds. The molecule has 0 spiro atoms. The smallest absolute Gasteiger partial charge is 0.331 e. The van der Waals surface area contributed by atoms with Crippen LogP contribution in [0.3, 0.4) is 0 Å². The minimum Gasteiger partial charge on any atom is -0.480 e. The molecular formula is C11H16N2O6S. The first kappa shape index (κ1) is 14.9. The van der Waals surface area contributed by atoms with Gasteiger partial charge in [-0.2, -0.15) is 0 Å². The molecule has 112 valence electrons. The molecule has 2 fully saturated rings. The van der Waals surface area contributed by atoms with Gasteiger partial charge in [0, 0.05) is 12.3 Å². The number of carbonyl (C=O) groups is 3. The zero-order valence-electron chi connectivity index (χ0n) is 11.0. The van der Waals surface area contributed by atoms with Crippen LogP contribution in [-0.4, -0.2) is 83.5 Å². The Labute approximate surface area is 120 Å². The average molecular weight is 304 g/mol. The number of thioether (sulfide) groups is 1. The van der Waals surface area contributed by atoms with E-state index in [0.717, 1.165) is 0 Å². The lowest BCUT2D eigenvalue weighted by atomic mass is 10.2. The summed E-state index contributed by atoms with van der Waals surface area (Å²) in [6, 6.07) is -2.13. The van der Waals surface area contributed by atoms with Gasteiger partial charge in [0.2, 0.25) is 0 Å². The second-order valence-electron chi connectivity index (χ2n) is 4.41. The number of carboxylic acids is 1. The van der Waals surface area contributed by atoms with Crippen molar-refractivity contribution in [2.45, 2.75) is 12.1 Å². The van der Waals surface area contributed by atoms with E-state index in [-0.39, 0.29) is 13.2 Å². The number of rotatable bonds is 2. The van der Waals surface area contributed by atoms with Crippen molar-refractivity contribution in [2.24, 2.45) is 0 Å². The van der Waals surface area contributed by atoms with E-state index in [4.69, 9.17) is 9.84 Å². The first-order valence-electron chi connectivity index (χ1n) is 6.09. The van der Waals surface area contributed by atoms with Crippen LogP contribution >= 0.6 is 11.8 Å². The molecule has 0 bridgehead atoms. The summed E-state index contributed by atoms with van der Waals surface area (Å²) in [6.07, 6.45) is 0. The number of ether oxygens (including phenoxy) is 2. The fourth-order valence-electron chi connectivity index (χ4n) is 2.16. The lowest BCUT2D eigenvalue weighted by Crippen LogP contribution is -2.58. The normalized spacial score (nSPS) is 26.4. The number of carbonyl (C=O) groups excluding carboxylic acids is 2. The first-order chi connectivity index (χ1) is 9.56. The molecule has 0 saturated carbocycles. The largest absolute Gasteiger partial charge is 0.480 e. The van der Waals surface area contributed by atoms with Crippen molar-refractivity contribution in [3.8, 4) is 0 Å². The topological polar surface area (TPSA) is 96.4 Å². The van der Waals surface area contributed by atoms with Gasteiger partial charge in [-0.25, -0.2) is 14.4 Å². The number of esters is 1. The second-order valence-corrected chi connectivity index (χ2v) is 5.41. The van der Waals surface area contributed by atoms with E-state index in [2.05, 4.69) is 4.74 Å². The average Bonchev–Trinajstić information content (AvgIpc) is 2.95. The Bertz CT molecular complexity index is 418. The summed E-state index contributed by atoms with van der Waals surface area (Å²) in [6.45, 7) is 0.626. The molecule has 2 heterocycles. The van der Waals surface area contributed by atoms with Crippen LogP contribution in [0.4, 0.5) is 4.79 Å². The number of hydrogen-bond acceptors (Lipinski definition) is 6. The van der Waals surface area contributed by atoms with Gasteiger partial charge in [0.15, 0.2) is 6.04 Å². The Morgan fingerprint density at radius 1 is 1.30 bits per heavy atom. The van der Waals surface area contributed by atoms with Gasteiger partial charge < -0.3 is 24.4 Å². The third-order valence-corrected chi connectivity index (χ3v) is 4.27. The highest BCUT2D eigenvalue weighted by Crippen LogP contribution is 2.24. The van der Waals surface area contributed by atoms with Crippen molar-refractivity contribution in [3.05, 3.63) is 0 Å². The maximum atomic E-state index is 12.5. The summed E-state index contributed by atoms with van der Waals surface area (Å²) in [7, 11) is 1.24. The van der Waals surface area contributed by atoms with Gasteiger partial charge in [0.1, 0.15) is 6.04 Å². The summed E-state index contributed by atoms with van der Waals surface area (Å²) in [5.41, 5.74) is 0. The molecule has 0 aromatic carbocycles. The molecule has 2 unspecified atom stereocenters. The zero-order chi connectivity index (χ0) is 14.7. The van der Waals surface area contributed by atoms with Crippen molar-refractivity contribution in [1.82, 2.24) is 9.80 Å². The number of hydrogen-bond donors (Lipinski definition) is 1. The lowest BCUT2D eigenvalue weighted by molar-refractivity contribution is -0.151. The van der Waals surface area contributed by atoms with Gasteiger partial charge in [-0.1, -0.05) is 0 Å². The molecule has 2 rings (SSSR count). The minimum absolute atomic E-state index is 0.0666. The van der Waals surface area contributed by atoms with Crippen molar-refractivity contribution in [3.63, 3.8) is 0 Å². The van der Waals surface area contributed by atoms with Crippen molar-refractivity contribution in [1.29, 1.82) is 0 Å². The molecular weight excluding hydrogens is 288 g/mol. The Morgan fingerprint density at radius 3 is 2.70 bits per heavy atom. The Kier molecular flexibility index (Phi) is 4.71. The second kappa shape index (κ2) is 6.31. The van der Waals surface area contributed by atoms with Crippen molar-refractivity contribution < 1.29 is 29.0 Å². The molecule has 0 radical (unpaired) electrons. The van der Waals surface area contributed by atoms with E-state index < -0.39 is 30.1 Å². The highest BCUT2D eigenvalue weighted by atomic mass is 32.2. The van der Waals surface area contributed by atoms with E-state index in [0.29, 0.717) is 18.2 Å². The number of amides is 2. The summed E-state index contributed by atoms with van der Waals surface area (Å²) >= 11 is 1.38. The standard InChI is InChI=1S/C11H16N2O6S/c1-18-10(16)7-4-19-3-2-12(7)11(17)13-6-20-5-8(13)9(14)15/h7-8H,2-6H2,1H3,(H,14,15). The van der Waals surface area contributed by atoms with Gasteiger partial charge in [-0.15, -0.1) is 11.8 Å². The summed E-state index contributed by atoms with van der Waals surface area (Å²) < 4.78 is 9.84. The van der Waals surface area contributed by atoms with Gasteiger partial charge in [0.25, 0.3) is 0 Å². The molecule has 8 nitrogen and oxygen atoms in total. The molecule has 0 aromatic heterocycles. The summed E-state index contributed by atoms with van der Waals surface area (Å²) in [4.78, 5) is 37.9. The van der Waals surface area contributed by atoms with Crippen LogP contribution in [0.1, 0.15) is 0 Å². The summed E-state index contributed by atoms with van der Waals surface area (Å²) in [5, 5.41) is 9.11. The predicted octanol–water partition coefficient (Wildman–Crippen LogP) is -0.560. The number of urea groups is 1. The maximum absolute atomic E-state index is 12.5. The number of carboxylic acid groups (broad SMARTS) is 1. The zero-order valence-corrected chi connectivity index (χ0v) is 11.8. The van der Waals surface area contributed by atoms with Crippen molar-refractivity contribution in [2.75, 3.05) is 38.5 Å². The molecule has 2 atom stereocenters. The van der Waals surface area contributed by atoms with Crippen LogP contribution in [0.15, 0.2) is 0 Å². The highest BCUT2D eigenvalue weighted by Gasteiger charge is 2.41. The fourth-order valence-corrected chi connectivity index (χ4v) is 3.30. The molecule has 1 N–H and O–H groups in total. The molecule has 9 heteroatoms. The van der Waals surface area contributed by atoms with E-state index in [9.17, 15) is 14.4 Å². The monoisotopic (exact) mass is 304 g/mol. The van der Waals surface area contributed by atoms with Crippen LogP contribution in [0, 0.1) is 0 Å². The van der Waals surface area contributed by atoms with Crippen molar-refractivity contribution >= 4 is 29.7 Å². The number of nitrogens with zero attached hydrogens (tertiary/aromatic N) is 2. The number of morpholine rings is 1. The number of aliphatic carboxylic acids is 1. The quantitative estimate of drug-likeness (QED) is 0.683. The number of methoxy groups -OCH3 is 1. The molecule has 20 heavy (non-hydrogen) atoms. The van der Waals surface area contributed by atoms with E-state index in [1.54, 1.807) is 0 Å². The Hall–Kier alpha value is -1.48. The van der Waals surface area contributed by atoms with E-state index >= 15 is 0 Å². The molecule has 2 aliphatic heterocycles. The van der Waals surface area contributed by atoms with Gasteiger partial charge >= 0.3 is 18.0 Å². The molecule has 2 saturated heterocycles. The van der Waals surface area contributed by atoms with Crippen LogP contribution < -0.4 is 0 Å². The van der Waals surface area contributed by atoms with Crippen LogP contribution in [-0.2, 0) is 19.1 Å². The van der Waals surface area contributed by atoms with E-state index in [1.165, 1.54) is 28.7 Å². The van der Waals surface area contributed by atoms with Gasteiger partial charge in [-0.05, 0) is 0 Å². The fraction of sp³-hybridized carbons (Fsp3) is 0.727. The third kappa shape index (κ3) is 2.83. The van der Waals surface area contributed by atoms with Crippen LogP contribution in [0.2, 0.25) is 0 Å².